The van der Waals surface area contributed by atoms with Gasteiger partial charge in [0.25, 0.3) is 0 Å². The number of hydrogen-bond donors (Lipinski definition) is 1. The fraction of sp³-hybridized carbons (Fsp3) is 0.556. The first-order valence-electron chi connectivity index (χ1n) is 16.2. The summed E-state index contributed by atoms with van der Waals surface area (Å²) in [5.74, 6) is 2.06. The first-order valence-corrected chi connectivity index (χ1v) is 16.2. The molecular formula is C36H44N2O5. The van der Waals surface area contributed by atoms with Gasteiger partial charge in [-0.3, -0.25) is 14.5 Å². The number of aryl methyl sites for hydroxylation is 1. The Morgan fingerprint density at radius 1 is 1.21 bits per heavy atom. The zero-order valence-electron chi connectivity index (χ0n) is 25.8. The molecule has 1 spiro atoms. The van der Waals surface area contributed by atoms with Crippen LogP contribution in [0, 0.1) is 24.7 Å². The van der Waals surface area contributed by atoms with Gasteiger partial charge in [0, 0.05) is 54.7 Å². The zero-order valence-corrected chi connectivity index (χ0v) is 25.8. The molecule has 2 heterocycles. The molecular weight excluding hydrogens is 540 g/mol. The number of amides is 1. The Bertz CT molecular complexity index is 1480. The van der Waals surface area contributed by atoms with E-state index in [1.54, 1.807) is 12.1 Å². The van der Waals surface area contributed by atoms with Gasteiger partial charge in [-0.05, 0) is 81.4 Å². The summed E-state index contributed by atoms with van der Waals surface area (Å²) < 4.78 is 12.6. The molecule has 1 saturated heterocycles. The Balaban J connectivity index is 1.29. The number of rotatable bonds is 8. The Morgan fingerprint density at radius 3 is 2.74 bits per heavy atom. The molecule has 7 nitrogen and oxygen atoms in total. The van der Waals surface area contributed by atoms with Gasteiger partial charge < -0.3 is 19.5 Å². The van der Waals surface area contributed by atoms with Crippen LogP contribution < -0.4 is 9.47 Å². The highest BCUT2D eigenvalue weighted by atomic mass is 16.5. The van der Waals surface area contributed by atoms with Crippen LogP contribution in [0.1, 0.15) is 75.1 Å². The number of benzene rings is 2. The largest absolute Gasteiger partial charge is 0.504 e. The van der Waals surface area contributed by atoms with Crippen LogP contribution in [0.4, 0.5) is 0 Å². The van der Waals surface area contributed by atoms with Gasteiger partial charge in [0.15, 0.2) is 11.5 Å². The van der Waals surface area contributed by atoms with Crippen molar-refractivity contribution in [3.63, 3.8) is 0 Å². The van der Waals surface area contributed by atoms with E-state index in [1.807, 2.05) is 23.1 Å². The van der Waals surface area contributed by atoms with Crippen LogP contribution in [0.5, 0.6) is 17.2 Å². The van der Waals surface area contributed by atoms with Crippen LogP contribution in [0.2, 0.25) is 0 Å². The van der Waals surface area contributed by atoms with E-state index in [-0.39, 0.29) is 41.1 Å². The second-order valence-electron chi connectivity index (χ2n) is 14.1. The summed E-state index contributed by atoms with van der Waals surface area (Å²) >= 11 is 0. The lowest BCUT2D eigenvalue weighted by molar-refractivity contribution is -0.139. The van der Waals surface area contributed by atoms with E-state index in [0.29, 0.717) is 30.0 Å². The van der Waals surface area contributed by atoms with Crippen molar-refractivity contribution in [2.45, 2.75) is 89.8 Å². The molecule has 228 valence electrons. The molecule has 0 radical (unpaired) electrons. The van der Waals surface area contributed by atoms with Crippen LogP contribution in [0.15, 0.2) is 36.4 Å². The summed E-state index contributed by atoms with van der Waals surface area (Å²) in [6, 6.07) is 9.95. The third-order valence-electron chi connectivity index (χ3n) is 10.6. The van der Waals surface area contributed by atoms with Crippen molar-refractivity contribution in [2.24, 2.45) is 17.8 Å². The number of carbonyl (C=O) groups is 2. The molecule has 1 N–H and O–H groups in total. The lowest BCUT2D eigenvalue weighted by Gasteiger charge is -2.60. The first kappa shape index (κ1) is 28.5. The van der Waals surface area contributed by atoms with Crippen LogP contribution in [-0.2, 0) is 21.4 Å². The smallest absolute Gasteiger partial charge is 0.308 e. The van der Waals surface area contributed by atoms with Gasteiger partial charge in [0.2, 0.25) is 5.91 Å². The third kappa shape index (κ3) is 4.84. The Hall–Kier alpha value is -3.32. The van der Waals surface area contributed by atoms with Crippen molar-refractivity contribution in [1.29, 1.82) is 0 Å². The molecule has 2 aromatic rings. The number of nitrogens with zero attached hydrogens (tertiary/aromatic N) is 2. The fourth-order valence-corrected chi connectivity index (χ4v) is 8.89. The van der Waals surface area contributed by atoms with Gasteiger partial charge in [-0.25, -0.2) is 0 Å². The van der Waals surface area contributed by atoms with Gasteiger partial charge in [0.05, 0.1) is 6.04 Å². The fourth-order valence-electron chi connectivity index (χ4n) is 8.89. The molecule has 2 saturated carbocycles. The van der Waals surface area contributed by atoms with E-state index >= 15 is 0 Å². The summed E-state index contributed by atoms with van der Waals surface area (Å²) in [5, 5.41) is 11.3. The van der Waals surface area contributed by atoms with Crippen LogP contribution in [0.25, 0.3) is 6.08 Å². The van der Waals surface area contributed by atoms with Crippen molar-refractivity contribution < 1.29 is 24.2 Å². The number of esters is 1. The number of ether oxygens (including phenoxy) is 2. The molecule has 7 heteroatoms. The molecule has 0 aromatic heterocycles. The molecule has 2 aliphatic heterocycles. The highest BCUT2D eigenvalue weighted by molar-refractivity contribution is 5.92. The number of carbonyl (C=O) groups excluding carboxylic acids is 2. The average Bonchev–Trinajstić information content (AvgIpc) is 3.71. The second kappa shape index (κ2) is 10.7. The maximum atomic E-state index is 14.0. The minimum atomic E-state index is -0.388. The highest BCUT2D eigenvalue weighted by Crippen LogP contribution is 2.66. The predicted octanol–water partition coefficient (Wildman–Crippen LogP) is 5.64. The van der Waals surface area contributed by atoms with E-state index in [0.717, 1.165) is 66.9 Å². The maximum absolute atomic E-state index is 14.0. The molecule has 5 atom stereocenters. The number of piperidine rings is 1. The van der Waals surface area contributed by atoms with E-state index in [1.165, 1.54) is 19.8 Å². The topological polar surface area (TPSA) is 79.3 Å². The number of likely N-dealkylation sites (tertiary alicyclic amines) is 1. The van der Waals surface area contributed by atoms with Crippen LogP contribution in [0.3, 0.4) is 0 Å². The summed E-state index contributed by atoms with van der Waals surface area (Å²) in [6.07, 6.45) is 9.54. The lowest BCUT2D eigenvalue weighted by atomic mass is 9.50. The monoisotopic (exact) mass is 584 g/mol. The van der Waals surface area contributed by atoms with Crippen molar-refractivity contribution in [3.05, 3.63) is 58.7 Å². The lowest BCUT2D eigenvalue weighted by Crippen LogP contribution is -2.69. The molecule has 2 aromatic carbocycles. The molecule has 7 rings (SSSR count). The molecule has 5 aliphatic rings. The SMILES string of the molecule is CC(=O)Oc1cc(O)c2c3c1C[C@@H]1[C@@H]4CC[C@H](N(CC(C)C)C(=O)C=Cc5cccc(C)c5)[C@H](O2)[C@]34CCN1CC1CC1. The second-order valence-corrected chi connectivity index (χ2v) is 14.1. The quantitative estimate of drug-likeness (QED) is 0.246. The molecule has 3 fully saturated rings. The Morgan fingerprint density at radius 2 is 2.02 bits per heavy atom. The van der Waals surface area contributed by atoms with Crippen LogP contribution >= 0.6 is 0 Å². The van der Waals surface area contributed by atoms with Gasteiger partial charge >= 0.3 is 5.97 Å². The summed E-state index contributed by atoms with van der Waals surface area (Å²) in [6.45, 7) is 10.5. The molecule has 3 aliphatic carbocycles. The van der Waals surface area contributed by atoms with E-state index in [2.05, 4.69) is 37.8 Å². The van der Waals surface area contributed by atoms with Crippen molar-refractivity contribution in [3.8, 4) is 17.2 Å². The molecule has 43 heavy (non-hydrogen) atoms. The Kier molecular flexibility index (Phi) is 7.07. The minimum absolute atomic E-state index is 0.00168. The van der Waals surface area contributed by atoms with Crippen molar-refractivity contribution >= 4 is 18.0 Å². The zero-order chi connectivity index (χ0) is 30.0. The average molecular weight is 585 g/mol. The summed E-state index contributed by atoms with van der Waals surface area (Å²) in [7, 11) is 0. The molecule has 1 amide bonds. The highest BCUT2D eigenvalue weighted by Gasteiger charge is 2.67. The van der Waals surface area contributed by atoms with E-state index in [9.17, 15) is 14.7 Å². The van der Waals surface area contributed by atoms with Gasteiger partial charge in [-0.1, -0.05) is 43.7 Å². The number of phenolic OH excluding ortho intramolecular Hbond substituents is 1. The first-order chi connectivity index (χ1) is 20.7. The third-order valence-corrected chi connectivity index (χ3v) is 10.6. The number of phenols is 1. The van der Waals surface area contributed by atoms with E-state index < -0.39 is 0 Å². The number of aromatic hydroxyl groups is 1. The van der Waals surface area contributed by atoms with Gasteiger partial charge in [-0.2, -0.15) is 0 Å². The maximum Gasteiger partial charge on any atom is 0.308 e. The summed E-state index contributed by atoms with van der Waals surface area (Å²) in [5.41, 5.74) is 3.88. The van der Waals surface area contributed by atoms with Crippen molar-refractivity contribution in [1.82, 2.24) is 9.80 Å². The normalized spacial score (nSPS) is 29.0. The van der Waals surface area contributed by atoms with Gasteiger partial charge in [0.1, 0.15) is 11.9 Å². The van der Waals surface area contributed by atoms with Crippen molar-refractivity contribution in [2.75, 3.05) is 19.6 Å². The standard InChI is InChI=1S/C36H44N2O5/c1-21(2)19-38(32(41)13-10-24-7-5-6-22(3)16-24)28-12-11-27-29-17-26-31(42-23(4)39)18-30(40)34-33(26)36(27,35(28)43-34)14-15-37(29)20-25-8-9-25/h5-7,10,13,16,18,21,25,27-29,35,40H,8-9,11-12,14-15,17,19-20H2,1-4H3/t27-,28-,29+,35-,36-/m0/s1. The van der Waals surface area contributed by atoms with E-state index in [4.69, 9.17) is 9.47 Å². The van der Waals surface area contributed by atoms with Crippen LogP contribution in [-0.4, -0.2) is 64.6 Å². The number of hydrogen-bond acceptors (Lipinski definition) is 6. The Labute approximate surface area is 254 Å². The predicted molar refractivity (Wildman–Crippen MR) is 165 cm³/mol. The summed E-state index contributed by atoms with van der Waals surface area (Å²) in [4.78, 5) is 30.9. The molecule has 2 bridgehead atoms. The molecule has 0 unspecified atom stereocenters. The minimum Gasteiger partial charge on any atom is -0.504 e. The van der Waals surface area contributed by atoms with Gasteiger partial charge in [-0.15, -0.1) is 0 Å².